The zero-order valence-corrected chi connectivity index (χ0v) is 12.9. The van der Waals surface area contributed by atoms with Crippen molar-refractivity contribution in [2.45, 2.75) is 6.92 Å². The fourth-order valence-corrected chi connectivity index (χ4v) is 2.15. The summed E-state index contributed by atoms with van der Waals surface area (Å²) < 4.78 is 6.19. The summed E-state index contributed by atoms with van der Waals surface area (Å²) in [6.45, 7) is 2.00. The number of rotatable bonds is 3. The van der Waals surface area contributed by atoms with E-state index in [-0.39, 0.29) is 11.9 Å². The van der Waals surface area contributed by atoms with Crippen LogP contribution in [-0.2, 0) is 0 Å². The molecule has 2 aromatic carbocycles. The molecule has 23 heavy (non-hydrogen) atoms. The minimum absolute atomic E-state index is 0.0568. The summed E-state index contributed by atoms with van der Waals surface area (Å²) in [5.41, 5.74) is 8.25. The van der Waals surface area contributed by atoms with Crippen LogP contribution in [0.5, 0.6) is 5.75 Å². The first-order valence-electron chi connectivity index (χ1n) is 7.07. The summed E-state index contributed by atoms with van der Waals surface area (Å²) in [5.74, 6) is 0.815. The Kier molecular flexibility index (Phi) is 3.80. The molecule has 3 rings (SSSR count). The van der Waals surface area contributed by atoms with Gasteiger partial charge in [0.1, 0.15) is 5.75 Å². The maximum absolute atomic E-state index is 12.5. The number of benzene rings is 2. The van der Waals surface area contributed by atoms with Crippen LogP contribution in [0.1, 0.15) is 15.9 Å². The van der Waals surface area contributed by atoms with Crippen LogP contribution in [0.4, 0.5) is 5.95 Å². The van der Waals surface area contributed by atoms with Gasteiger partial charge >= 0.3 is 0 Å². The summed E-state index contributed by atoms with van der Waals surface area (Å²) in [6, 6.07) is 14.4. The van der Waals surface area contributed by atoms with Crippen molar-refractivity contribution in [2.24, 2.45) is 0 Å². The van der Waals surface area contributed by atoms with Gasteiger partial charge < -0.3 is 10.5 Å². The molecule has 0 radical (unpaired) electrons. The molecule has 6 nitrogen and oxygen atoms in total. The number of carbonyl (C=O) groups is 1. The second-order valence-corrected chi connectivity index (χ2v) is 5.11. The Morgan fingerprint density at radius 1 is 1.09 bits per heavy atom. The number of ether oxygens (including phenoxy) is 1. The Morgan fingerprint density at radius 2 is 1.74 bits per heavy atom. The minimum Gasteiger partial charge on any atom is -0.497 e. The molecule has 0 spiro atoms. The van der Waals surface area contributed by atoms with Gasteiger partial charge in [0.2, 0.25) is 5.95 Å². The van der Waals surface area contributed by atoms with Crippen LogP contribution in [0.3, 0.4) is 0 Å². The summed E-state index contributed by atoms with van der Waals surface area (Å²) in [5, 5.41) is 4.23. The van der Waals surface area contributed by atoms with E-state index in [0.717, 1.165) is 15.8 Å². The maximum atomic E-state index is 12.5. The van der Waals surface area contributed by atoms with Crippen LogP contribution in [0.2, 0.25) is 0 Å². The van der Waals surface area contributed by atoms with Gasteiger partial charge in [-0.1, -0.05) is 29.8 Å². The summed E-state index contributed by atoms with van der Waals surface area (Å²) in [6.07, 6.45) is 0. The zero-order chi connectivity index (χ0) is 16.4. The summed E-state index contributed by atoms with van der Waals surface area (Å²) in [7, 11) is 1.57. The first-order chi connectivity index (χ1) is 11.1. The topological polar surface area (TPSA) is 83.0 Å². The molecule has 0 aliphatic heterocycles. The van der Waals surface area contributed by atoms with Gasteiger partial charge in [-0.2, -0.15) is 9.67 Å². The maximum Gasteiger partial charge on any atom is 0.281 e. The van der Waals surface area contributed by atoms with Crippen LogP contribution >= 0.6 is 0 Å². The second kappa shape index (κ2) is 5.92. The molecule has 0 aliphatic carbocycles. The van der Waals surface area contributed by atoms with Gasteiger partial charge in [-0.25, -0.2) is 0 Å². The molecule has 2 N–H and O–H groups in total. The highest BCUT2D eigenvalue weighted by atomic mass is 16.5. The molecule has 0 bridgehead atoms. The number of anilines is 1. The average molecular weight is 308 g/mol. The SMILES string of the molecule is COc1ccc(C(=O)n2nc(-c3ccc(C)cc3)nc2N)cc1. The van der Waals surface area contributed by atoms with Crippen molar-refractivity contribution >= 4 is 11.9 Å². The molecule has 6 heteroatoms. The van der Waals surface area contributed by atoms with Crippen LogP contribution in [0.15, 0.2) is 48.5 Å². The van der Waals surface area contributed by atoms with Crippen molar-refractivity contribution < 1.29 is 9.53 Å². The van der Waals surface area contributed by atoms with Crippen molar-refractivity contribution in [1.29, 1.82) is 0 Å². The van der Waals surface area contributed by atoms with E-state index in [0.29, 0.717) is 17.1 Å². The fourth-order valence-electron chi connectivity index (χ4n) is 2.15. The van der Waals surface area contributed by atoms with Crippen LogP contribution in [-0.4, -0.2) is 27.8 Å². The van der Waals surface area contributed by atoms with Crippen LogP contribution in [0.25, 0.3) is 11.4 Å². The van der Waals surface area contributed by atoms with Crippen molar-refractivity contribution in [3.63, 3.8) is 0 Å². The molecule has 0 fully saturated rings. The highest BCUT2D eigenvalue weighted by Crippen LogP contribution is 2.19. The van der Waals surface area contributed by atoms with E-state index < -0.39 is 0 Å². The van der Waals surface area contributed by atoms with Gasteiger partial charge in [-0.3, -0.25) is 4.79 Å². The third kappa shape index (κ3) is 2.91. The van der Waals surface area contributed by atoms with Crippen LogP contribution < -0.4 is 10.5 Å². The number of nitrogens with two attached hydrogens (primary N) is 1. The van der Waals surface area contributed by atoms with E-state index in [1.807, 2.05) is 31.2 Å². The smallest absolute Gasteiger partial charge is 0.281 e. The lowest BCUT2D eigenvalue weighted by Gasteiger charge is -2.03. The molecule has 0 unspecified atom stereocenters. The monoisotopic (exact) mass is 308 g/mol. The Hall–Kier alpha value is -3.15. The fraction of sp³-hybridized carbons (Fsp3) is 0.118. The number of nitrogen functional groups attached to an aromatic ring is 1. The highest BCUT2D eigenvalue weighted by molar-refractivity contribution is 5.97. The predicted molar refractivity (Wildman–Crippen MR) is 87.3 cm³/mol. The highest BCUT2D eigenvalue weighted by Gasteiger charge is 2.16. The Balaban J connectivity index is 1.93. The van der Waals surface area contributed by atoms with Crippen LogP contribution in [0, 0.1) is 6.92 Å². The first-order valence-corrected chi connectivity index (χ1v) is 7.07. The number of nitrogens with zero attached hydrogens (tertiary/aromatic N) is 3. The predicted octanol–water partition coefficient (Wildman–Crippen LogP) is 2.53. The zero-order valence-electron chi connectivity index (χ0n) is 12.9. The average Bonchev–Trinajstić information content (AvgIpc) is 2.96. The number of methoxy groups -OCH3 is 1. The summed E-state index contributed by atoms with van der Waals surface area (Å²) >= 11 is 0. The number of aromatic nitrogens is 3. The molecule has 0 amide bonds. The quantitative estimate of drug-likeness (QED) is 0.804. The third-order valence-electron chi connectivity index (χ3n) is 3.47. The third-order valence-corrected chi connectivity index (χ3v) is 3.47. The second-order valence-electron chi connectivity index (χ2n) is 5.11. The molecule has 0 aliphatic rings. The number of aryl methyl sites for hydroxylation is 1. The lowest BCUT2D eigenvalue weighted by molar-refractivity contribution is 0.0948. The molecule has 0 saturated heterocycles. The molecule has 3 aromatic rings. The Morgan fingerprint density at radius 3 is 2.35 bits per heavy atom. The largest absolute Gasteiger partial charge is 0.497 e. The van der Waals surface area contributed by atoms with Crippen molar-refractivity contribution in [1.82, 2.24) is 14.8 Å². The Labute approximate surface area is 133 Å². The molecular weight excluding hydrogens is 292 g/mol. The lowest BCUT2D eigenvalue weighted by atomic mass is 10.1. The van der Waals surface area contributed by atoms with Gasteiger partial charge in [-0.05, 0) is 31.2 Å². The summed E-state index contributed by atoms with van der Waals surface area (Å²) in [4.78, 5) is 16.7. The van der Waals surface area contributed by atoms with E-state index >= 15 is 0 Å². The molecular formula is C17H16N4O2. The van der Waals surface area contributed by atoms with Crippen molar-refractivity contribution in [2.75, 3.05) is 12.8 Å². The lowest BCUT2D eigenvalue weighted by Crippen LogP contribution is -2.16. The first kappa shape index (κ1) is 14.8. The number of carbonyl (C=O) groups excluding carboxylic acids is 1. The molecule has 1 heterocycles. The number of hydrogen-bond acceptors (Lipinski definition) is 5. The van der Waals surface area contributed by atoms with Gasteiger partial charge in [0.15, 0.2) is 5.82 Å². The Bertz CT molecular complexity index is 836. The minimum atomic E-state index is -0.337. The van der Waals surface area contributed by atoms with E-state index in [9.17, 15) is 4.79 Å². The van der Waals surface area contributed by atoms with Gasteiger partial charge in [0.05, 0.1) is 7.11 Å². The number of hydrogen-bond donors (Lipinski definition) is 1. The normalized spacial score (nSPS) is 10.5. The standard InChI is InChI=1S/C17H16N4O2/c1-11-3-5-12(6-4-11)15-19-17(18)21(20-15)16(22)13-7-9-14(23-2)10-8-13/h3-10H,1-2H3,(H2,18,19,20). The van der Waals surface area contributed by atoms with Gasteiger partial charge in [-0.15, -0.1) is 5.10 Å². The van der Waals surface area contributed by atoms with Gasteiger partial charge in [0, 0.05) is 11.1 Å². The molecule has 116 valence electrons. The van der Waals surface area contributed by atoms with Crippen molar-refractivity contribution in [3.05, 3.63) is 59.7 Å². The molecule has 0 saturated carbocycles. The van der Waals surface area contributed by atoms with E-state index in [2.05, 4.69) is 10.1 Å². The van der Waals surface area contributed by atoms with E-state index in [4.69, 9.17) is 10.5 Å². The van der Waals surface area contributed by atoms with Gasteiger partial charge in [0.25, 0.3) is 5.91 Å². The van der Waals surface area contributed by atoms with E-state index in [1.165, 1.54) is 0 Å². The van der Waals surface area contributed by atoms with Crippen molar-refractivity contribution in [3.8, 4) is 17.1 Å². The molecule has 1 aromatic heterocycles. The molecule has 0 atom stereocenters. The van der Waals surface area contributed by atoms with E-state index in [1.54, 1.807) is 31.4 Å².